The van der Waals surface area contributed by atoms with E-state index in [4.69, 9.17) is 9.84 Å². The second-order valence-electron chi connectivity index (χ2n) is 4.99. The molecule has 2 rings (SSSR count). The van der Waals surface area contributed by atoms with E-state index in [1.54, 1.807) is 11.9 Å². The number of hydrogen-bond acceptors (Lipinski definition) is 4. The largest absolute Gasteiger partial charge is 0.491 e. The highest BCUT2D eigenvalue weighted by molar-refractivity contribution is 5.85. The van der Waals surface area contributed by atoms with Gasteiger partial charge in [-0.2, -0.15) is 0 Å². The fourth-order valence-electron chi connectivity index (χ4n) is 2.36. The van der Waals surface area contributed by atoms with E-state index in [9.17, 15) is 9.59 Å². The van der Waals surface area contributed by atoms with Crippen LogP contribution in [0.15, 0.2) is 24.3 Å². The van der Waals surface area contributed by atoms with Crippen LogP contribution in [0.2, 0.25) is 0 Å². The fourth-order valence-corrected chi connectivity index (χ4v) is 2.36. The lowest BCUT2D eigenvalue weighted by atomic mass is 10.1. The van der Waals surface area contributed by atoms with Crippen molar-refractivity contribution < 1.29 is 19.4 Å². The number of carbonyl (C=O) groups excluding carboxylic acids is 1. The zero-order valence-corrected chi connectivity index (χ0v) is 13.3. The molecule has 1 atom stereocenters. The molecule has 1 aromatic rings. The first-order chi connectivity index (χ1) is 10.1. The Morgan fingerprint density at radius 2 is 2.14 bits per heavy atom. The van der Waals surface area contributed by atoms with Crippen molar-refractivity contribution in [1.82, 2.24) is 10.2 Å². The number of carboxylic acid groups (broad SMARTS) is 1. The summed E-state index contributed by atoms with van der Waals surface area (Å²) < 4.78 is 5.61. The number of nitrogens with one attached hydrogen (secondary N) is 1. The Hall–Kier alpha value is -1.79. The Morgan fingerprint density at radius 1 is 1.41 bits per heavy atom. The van der Waals surface area contributed by atoms with E-state index in [0.29, 0.717) is 19.7 Å². The van der Waals surface area contributed by atoms with Crippen molar-refractivity contribution in [2.45, 2.75) is 25.4 Å². The Morgan fingerprint density at radius 3 is 2.82 bits per heavy atom. The third kappa shape index (κ3) is 4.61. The van der Waals surface area contributed by atoms with E-state index in [0.717, 1.165) is 11.3 Å². The molecule has 0 saturated carbocycles. The summed E-state index contributed by atoms with van der Waals surface area (Å²) in [5, 5.41) is 11.7. The summed E-state index contributed by atoms with van der Waals surface area (Å²) in [6.07, 6.45) is 0.490. The maximum absolute atomic E-state index is 12.3. The fraction of sp³-hybridized carbons (Fsp3) is 0.467. The van der Waals surface area contributed by atoms with Crippen molar-refractivity contribution in [2.24, 2.45) is 0 Å². The molecule has 0 unspecified atom stereocenters. The van der Waals surface area contributed by atoms with Gasteiger partial charge in [0.25, 0.3) is 0 Å². The highest BCUT2D eigenvalue weighted by Crippen LogP contribution is 2.22. The number of hydrogen-bond donors (Lipinski definition) is 2. The molecule has 22 heavy (non-hydrogen) atoms. The number of benzene rings is 1. The van der Waals surface area contributed by atoms with E-state index < -0.39 is 12.0 Å². The summed E-state index contributed by atoms with van der Waals surface area (Å²) >= 11 is 0. The zero-order valence-electron chi connectivity index (χ0n) is 12.4. The van der Waals surface area contributed by atoms with Crippen LogP contribution < -0.4 is 10.1 Å². The molecule has 122 valence electrons. The van der Waals surface area contributed by atoms with E-state index in [1.165, 1.54) is 0 Å². The highest BCUT2D eigenvalue weighted by Gasteiger charge is 2.22. The van der Waals surface area contributed by atoms with Gasteiger partial charge in [0.2, 0.25) is 5.91 Å². The lowest BCUT2D eigenvalue weighted by Gasteiger charge is -2.20. The van der Waals surface area contributed by atoms with Crippen molar-refractivity contribution in [1.29, 1.82) is 0 Å². The molecule has 1 aromatic carbocycles. The molecule has 1 heterocycles. The highest BCUT2D eigenvalue weighted by atomic mass is 35.5. The van der Waals surface area contributed by atoms with Gasteiger partial charge >= 0.3 is 5.97 Å². The van der Waals surface area contributed by atoms with E-state index in [2.05, 4.69) is 5.32 Å². The minimum atomic E-state index is -0.935. The Balaban J connectivity index is 0.00000242. The second kappa shape index (κ2) is 8.60. The molecule has 1 aliphatic rings. The first-order valence-electron chi connectivity index (χ1n) is 7.00. The molecule has 1 aliphatic heterocycles. The molecule has 7 heteroatoms. The predicted octanol–water partition coefficient (Wildman–Crippen LogP) is 1.28. The summed E-state index contributed by atoms with van der Waals surface area (Å²) in [6, 6.07) is 6.96. The number of aliphatic carboxylic acids is 1. The van der Waals surface area contributed by atoms with Gasteiger partial charge in [-0.25, -0.2) is 0 Å². The first-order valence-corrected chi connectivity index (χ1v) is 7.00. The summed E-state index contributed by atoms with van der Waals surface area (Å²) in [4.78, 5) is 24.9. The van der Waals surface area contributed by atoms with Crippen molar-refractivity contribution in [3.05, 3.63) is 29.8 Å². The topological polar surface area (TPSA) is 78.9 Å². The van der Waals surface area contributed by atoms with Crippen molar-refractivity contribution >= 4 is 24.3 Å². The van der Waals surface area contributed by atoms with Crippen molar-refractivity contribution in [2.75, 3.05) is 20.2 Å². The maximum Gasteiger partial charge on any atom is 0.320 e. The van der Waals surface area contributed by atoms with Crippen LogP contribution in [0.5, 0.6) is 5.75 Å². The number of ether oxygens (including phenoxy) is 1. The van der Waals surface area contributed by atoms with Gasteiger partial charge in [0.15, 0.2) is 0 Å². The number of halogens is 1. The first kappa shape index (κ1) is 18.3. The Labute approximate surface area is 135 Å². The van der Waals surface area contributed by atoms with Gasteiger partial charge in [-0.3, -0.25) is 9.59 Å². The third-order valence-corrected chi connectivity index (χ3v) is 3.60. The molecule has 1 amide bonds. The molecule has 0 fully saturated rings. The number of carbonyl (C=O) groups is 2. The zero-order chi connectivity index (χ0) is 15.2. The number of carboxylic acids is 1. The Kier molecular flexibility index (Phi) is 7.14. The van der Waals surface area contributed by atoms with Gasteiger partial charge in [0.05, 0.1) is 6.54 Å². The Bertz CT molecular complexity index is 524. The molecule has 0 saturated heterocycles. The van der Waals surface area contributed by atoms with Gasteiger partial charge in [0, 0.05) is 18.5 Å². The number of para-hydroxylation sites is 1. The molecule has 0 aromatic heterocycles. The standard InChI is InChI=1S/C15H20N2O4.ClH/c1-16-12(15(19)20)6-7-14(18)17-8-9-21-13-5-3-2-4-11(13)10-17;/h2-5,12,16H,6-10H2,1H3,(H,19,20);1H/t12-;/m0./s1. The van der Waals surface area contributed by atoms with Crippen LogP contribution in [0.1, 0.15) is 18.4 Å². The number of rotatable bonds is 5. The second-order valence-corrected chi connectivity index (χ2v) is 4.99. The van der Waals surface area contributed by atoms with Crippen molar-refractivity contribution in [3.63, 3.8) is 0 Å². The molecular weight excluding hydrogens is 308 g/mol. The van der Waals surface area contributed by atoms with Crippen LogP contribution in [-0.4, -0.2) is 48.1 Å². The number of fused-ring (bicyclic) bond motifs is 1. The molecule has 2 N–H and O–H groups in total. The predicted molar refractivity (Wildman–Crippen MR) is 84.3 cm³/mol. The summed E-state index contributed by atoms with van der Waals surface area (Å²) in [5.74, 6) is -0.168. The van der Waals surface area contributed by atoms with Crippen LogP contribution in [0, 0.1) is 0 Å². The van der Waals surface area contributed by atoms with Crippen LogP contribution in [0.25, 0.3) is 0 Å². The smallest absolute Gasteiger partial charge is 0.320 e. The average Bonchev–Trinajstić information content (AvgIpc) is 2.69. The number of amides is 1. The average molecular weight is 329 g/mol. The van der Waals surface area contributed by atoms with Gasteiger partial charge in [-0.15, -0.1) is 12.4 Å². The van der Waals surface area contributed by atoms with Crippen LogP contribution in [0.4, 0.5) is 0 Å². The summed E-state index contributed by atoms with van der Waals surface area (Å²) in [6.45, 7) is 1.48. The van der Waals surface area contributed by atoms with Gasteiger partial charge in [-0.1, -0.05) is 18.2 Å². The molecule has 6 nitrogen and oxygen atoms in total. The van der Waals surface area contributed by atoms with Gasteiger partial charge < -0.3 is 20.1 Å². The summed E-state index contributed by atoms with van der Waals surface area (Å²) in [7, 11) is 1.58. The molecule has 0 bridgehead atoms. The lowest BCUT2D eigenvalue weighted by molar-refractivity contribution is -0.139. The van der Waals surface area contributed by atoms with E-state index in [1.807, 2.05) is 24.3 Å². The molecular formula is C15H21ClN2O4. The molecule has 0 spiro atoms. The lowest BCUT2D eigenvalue weighted by Crippen LogP contribution is -2.37. The molecule has 0 aliphatic carbocycles. The monoisotopic (exact) mass is 328 g/mol. The van der Waals surface area contributed by atoms with Gasteiger partial charge in [-0.05, 0) is 19.5 Å². The molecule has 0 radical (unpaired) electrons. The third-order valence-electron chi connectivity index (χ3n) is 3.60. The maximum atomic E-state index is 12.3. The minimum Gasteiger partial charge on any atom is -0.491 e. The quantitative estimate of drug-likeness (QED) is 0.851. The van der Waals surface area contributed by atoms with E-state index >= 15 is 0 Å². The SMILES string of the molecule is CN[C@@H](CCC(=O)N1CCOc2ccccc2C1)C(=O)O.Cl. The normalized spacial score (nSPS) is 14.9. The van der Waals surface area contributed by atoms with Gasteiger partial charge in [0.1, 0.15) is 18.4 Å². The van der Waals surface area contributed by atoms with Crippen LogP contribution in [0.3, 0.4) is 0 Å². The minimum absolute atomic E-state index is 0. The van der Waals surface area contributed by atoms with Crippen LogP contribution >= 0.6 is 12.4 Å². The van der Waals surface area contributed by atoms with E-state index in [-0.39, 0.29) is 31.2 Å². The van der Waals surface area contributed by atoms with Crippen LogP contribution in [-0.2, 0) is 16.1 Å². The number of likely N-dealkylation sites (N-methyl/N-ethyl adjacent to an activating group) is 1. The summed E-state index contributed by atoms with van der Waals surface area (Å²) in [5.41, 5.74) is 0.978. The van der Waals surface area contributed by atoms with Crippen molar-refractivity contribution in [3.8, 4) is 5.75 Å². The number of nitrogens with zero attached hydrogens (tertiary/aromatic N) is 1.